The van der Waals surface area contributed by atoms with Crippen LogP contribution in [0.5, 0.6) is 0 Å². The van der Waals surface area contributed by atoms with E-state index in [1.165, 1.54) is 11.1 Å². The molecule has 2 aromatic rings. The SMILES string of the molecule is C[SiH](C)[Zr]([CH]1C=Cc2ccccc21)([CH]1C=Cc2ccccc21)[SiH](C)C.Cl. The molecule has 0 nitrogen and oxygen atoms in total. The average Bonchev–Trinajstić information content (AvgIpc) is 3.21. The molecule has 0 amide bonds. The molecule has 0 saturated carbocycles. The van der Waals surface area contributed by atoms with Crippen molar-refractivity contribution in [3.05, 3.63) is 82.9 Å². The summed E-state index contributed by atoms with van der Waals surface area (Å²) in [5.41, 5.74) is 6.32. The van der Waals surface area contributed by atoms with Gasteiger partial charge in [-0.3, -0.25) is 0 Å². The van der Waals surface area contributed by atoms with Gasteiger partial charge in [0.15, 0.2) is 0 Å². The molecule has 0 N–H and O–H groups in total. The summed E-state index contributed by atoms with van der Waals surface area (Å²) in [5.74, 6) is -1.47. The number of halogens is 1. The molecule has 2 aromatic carbocycles. The van der Waals surface area contributed by atoms with Crippen LogP contribution in [-0.4, -0.2) is 11.8 Å². The summed E-state index contributed by atoms with van der Waals surface area (Å²) in [4.78, 5) is 0. The molecule has 4 heteroatoms. The van der Waals surface area contributed by atoms with Gasteiger partial charge in [-0.05, 0) is 0 Å². The quantitative estimate of drug-likeness (QED) is 0.471. The molecule has 0 radical (unpaired) electrons. The first-order valence-electron chi connectivity index (χ1n) is 9.61. The van der Waals surface area contributed by atoms with Crippen LogP contribution in [0.2, 0.25) is 26.2 Å². The smallest absolute Gasteiger partial charge is 0.147 e. The normalized spacial score (nSPS) is 20.4. The summed E-state index contributed by atoms with van der Waals surface area (Å²) >= 11 is -2.47. The van der Waals surface area contributed by atoms with Crippen LogP contribution in [0.4, 0.5) is 0 Å². The molecule has 26 heavy (non-hydrogen) atoms. The molecule has 0 bridgehead atoms. The molecule has 0 saturated heterocycles. The van der Waals surface area contributed by atoms with E-state index in [9.17, 15) is 0 Å². The van der Waals surface area contributed by atoms with Crippen LogP contribution in [0.15, 0.2) is 60.7 Å². The molecule has 0 aliphatic heterocycles. The van der Waals surface area contributed by atoms with Gasteiger partial charge in [0, 0.05) is 0 Å². The summed E-state index contributed by atoms with van der Waals surface area (Å²) in [6.45, 7) is 10.7. The molecular formula is C22H29ClSi2Zr. The number of rotatable bonds is 4. The molecule has 0 fully saturated rings. The first kappa shape index (κ1) is 20.3. The molecule has 2 atom stereocenters. The second kappa shape index (κ2) is 7.87. The van der Waals surface area contributed by atoms with Crippen molar-refractivity contribution in [2.75, 3.05) is 0 Å². The number of fused-ring (bicyclic) bond motifs is 2. The minimum atomic E-state index is -2.47. The van der Waals surface area contributed by atoms with E-state index in [-0.39, 0.29) is 12.4 Å². The Bertz CT molecular complexity index is 785. The maximum Gasteiger partial charge on any atom is -0.147 e. The minimum Gasteiger partial charge on any atom is -0.147 e. The Hall–Kier alpha value is -0.473. The van der Waals surface area contributed by atoms with E-state index < -0.39 is 30.4 Å². The molecule has 0 aromatic heterocycles. The van der Waals surface area contributed by atoms with E-state index in [0.717, 1.165) is 7.25 Å². The fraction of sp³-hybridized carbons (Fsp3) is 0.273. The van der Waals surface area contributed by atoms with E-state index in [1.807, 2.05) is 0 Å². The van der Waals surface area contributed by atoms with E-state index in [1.54, 1.807) is 11.1 Å². The van der Waals surface area contributed by atoms with Crippen LogP contribution in [-0.2, 0) is 18.6 Å². The first-order valence-corrected chi connectivity index (χ1v) is 26.7. The number of hydrogen-bond acceptors (Lipinski definition) is 0. The molecule has 2 unspecified atom stereocenters. The zero-order valence-electron chi connectivity index (χ0n) is 16.1. The van der Waals surface area contributed by atoms with Crippen molar-refractivity contribution in [3.8, 4) is 0 Å². The van der Waals surface area contributed by atoms with Gasteiger partial charge in [-0.2, -0.15) is 0 Å². The van der Waals surface area contributed by atoms with Crippen molar-refractivity contribution < 1.29 is 18.6 Å². The topological polar surface area (TPSA) is 0 Å². The van der Waals surface area contributed by atoms with E-state index in [0.29, 0.717) is 0 Å². The third-order valence-corrected chi connectivity index (χ3v) is 80.1. The second-order valence-electron chi connectivity index (χ2n) is 8.24. The zero-order chi connectivity index (χ0) is 17.6. The predicted molar refractivity (Wildman–Crippen MR) is 121 cm³/mol. The Morgan fingerprint density at radius 2 is 1.04 bits per heavy atom. The van der Waals surface area contributed by atoms with Crippen LogP contribution in [0.1, 0.15) is 29.5 Å². The molecule has 2 aliphatic carbocycles. The minimum absolute atomic E-state index is 0. The third-order valence-electron chi connectivity index (χ3n) is 6.68. The van der Waals surface area contributed by atoms with Crippen LogP contribution >= 0.6 is 12.4 Å². The van der Waals surface area contributed by atoms with Crippen LogP contribution < -0.4 is 0 Å². The van der Waals surface area contributed by atoms with Crippen molar-refractivity contribution in [2.24, 2.45) is 0 Å². The summed E-state index contributed by atoms with van der Waals surface area (Å²) in [7, 11) is 0. The number of hydrogen-bond donors (Lipinski definition) is 0. The summed E-state index contributed by atoms with van der Waals surface area (Å²) in [5, 5.41) is 0. The van der Waals surface area contributed by atoms with Crippen molar-refractivity contribution in [3.63, 3.8) is 0 Å². The monoisotopic (exact) mass is 474 g/mol. The summed E-state index contributed by atoms with van der Waals surface area (Å²) in [6, 6.07) is 18.4. The maximum atomic E-state index is 2.69. The largest absolute Gasteiger partial charge is 0.147 e. The van der Waals surface area contributed by atoms with Gasteiger partial charge < -0.3 is 0 Å². The second-order valence-corrected chi connectivity index (χ2v) is 53.6. The van der Waals surface area contributed by atoms with Crippen LogP contribution in [0.25, 0.3) is 12.2 Å². The van der Waals surface area contributed by atoms with E-state index in [2.05, 4.69) is 99.0 Å². The van der Waals surface area contributed by atoms with E-state index >= 15 is 0 Å². The average molecular weight is 476 g/mol. The summed E-state index contributed by atoms with van der Waals surface area (Å²) in [6.07, 6.45) is 10.1. The van der Waals surface area contributed by atoms with Crippen molar-refractivity contribution in [1.29, 1.82) is 0 Å². The van der Waals surface area contributed by atoms with Gasteiger partial charge >= 0.3 is 159 Å². The van der Waals surface area contributed by atoms with Gasteiger partial charge in [-0.25, -0.2) is 0 Å². The maximum absolute atomic E-state index is 2.69. The Kier molecular flexibility index (Phi) is 6.14. The molecule has 0 spiro atoms. The Balaban J connectivity index is 0.00000196. The zero-order valence-corrected chi connectivity index (χ0v) is 21.7. The van der Waals surface area contributed by atoms with E-state index in [4.69, 9.17) is 0 Å². The molecule has 136 valence electrons. The van der Waals surface area contributed by atoms with Gasteiger partial charge in [0.25, 0.3) is 0 Å². The number of allylic oxidation sites excluding steroid dienone is 2. The van der Waals surface area contributed by atoms with Gasteiger partial charge in [0.05, 0.1) is 0 Å². The number of benzene rings is 2. The van der Waals surface area contributed by atoms with Crippen molar-refractivity contribution in [2.45, 2.75) is 33.4 Å². The van der Waals surface area contributed by atoms with Gasteiger partial charge in [0.1, 0.15) is 0 Å². The standard InChI is InChI=1S/2C9H7.2C2H7Si.ClH.Zr/c2*1-2-5-9-7-3-6-8(9)4-1;2*1-3-2;;/h2*1-7H;2*3H,1-2H3;1H;. The Morgan fingerprint density at radius 1 is 0.654 bits per heavy atom. The van der Waals surface area contributed by atoms with Crippen molar-refractivity contribution in [1.82, 2.24) is 0 Å². The molecule has 0 heterocycles. The van der Waals surface area contributed by atoms with Gasteiger partial charge in [0.2, 0.25) is 0 Å². The van der Waals surface area contributed by atoms with Crippen LogP contribution in [0.3, 0.4) is 0 Å². The van der Waals surface area contributed by atoms with Crippen molar-refractivity contribution >= 4 is 36.4 Å². The fourth-order valence-corrected chi connectivity index (χ4v) is 78.4. The molecule has 4 rings (SSSR count). The van der Waals surface area contributed by atoms with Gasteiger partial charge in [-0.1, -0.05) is 0 Å². The predicted octanol–water partition coefficient (Wildman–Crippen LogP) is 6.07. The third kappa shape index (κ3) is 2.96. The van der Waals surface area contributed by atoms with Gasteiger partial charge in [-0.15, -0.1) is 12.4 Å². The molecular weight excluding hydrogens is 447 g/mol. The fourth-order valence-electron chi connectivity index (χ4n) is 5.67. The first-order chi connectivity index (χ1) is 12.1. The Morgan fingerprint density at radius 3 is 1.42 bits per heavy atom. The Labute approximate surface area is 170 Å². The summed E-state index contributed by atoms with van der Waals surface area (Å²) < 4.78 is 1.59. The van der Waals surface area contributed by atoms with Crippen LogP contribution in [0, 0.1) is 0 Å². The molecule has 2 aliphatic rings.